The third kappa shape index (κ3) is 64.7. The van der Waals surface area contributed by atoms with E-state index in [9.17, 15) is 0 Å². The van der Waals surface area contributed by atoms with E-state index in [0.717, 1.165) is 6.54 Å². The van der Waals surface area contributed by atoms with Crippen molar-refractivity contribution in [1.29, 1.82) is 0 Å². The minimum absolute atomic E-state index is 0. The quantitative estimate of drug-likeness (QED) is 0.341. The summed E-state index contributed by atoms with van der Waals surface area (Å²) in [6.45, 7) is 3.36. The zero-order chi connectivity index (χ0) is 18.0. The van der Waals surface area contributed by atoms with Crippen LogP contribution in [-0.4, -0.2) is 15.3 Å². The molecule has 0 spiro atoms. The predicted molar refractivity (Wildman–Crippen MR) is 72.6 cm³/mol. The van der Waals surface area contributed by atoms with Crippen molar-refractivity contribution in [2.24, 2.45) is 0 Å². The molecule has 134 valence electrons. The number of hydrogen-bond donors (Lipinski definition) is 0. The molecular weight excluding hydrogens is 471 g/mol. The Balaban J connectivity index is -0.000000118. The summed E-state index contributed by atoms with van der Waals surface area (Å²) < 4.78 is 2.21. The fourth-order valence-corrected chi connectivity index (χ4v) is 0.924. The number of nitrogens with zero attached hydrogens (tertiary/aromatic N) is 4. The second-order valence-electron chi connectivity index (χ2n) is 3.14. The van der Waals surface area contributed by atoms with Crippen molar-refractivity contribution in [2.45, 2.75) is 26.3 Å². The van der Waals surface area contributed by atoms with Crippen LogP contribution in [0.1, 0.15) is 19.8 Å². The Labute approximate surface area is 160 Å². The molecule has 0 saturated carbocycles. The van der Waals surface area contributed by atoms with Gasteiger partial charge in [0.05, 0.1) is 15.3 Å². The number of pyridine rings is 1. The van der Waals surface area contributed by atoms with E-state index in [0.29, 0.717) is 0 Å². The Morgan fingerprint density at radius 2 is 1.09 bits per heavy atom. The summed E-state index contributed by atoms with van der Waals surface area (Å²) in [7, 11) is 0. The van der Waals surface area contributed by atoms with Gasteiger partial charge in [-0.1, -0.05) is 19.4 Å². The Kier molecular flexibility index (Phi) is 28.2. The SMILES string of the molecule is CCCC[n+]1ccccc1.O=[N+]([O-])[O-].O=[N+]([O-])[O-].O=[N+]([O-])[O-].[Dy+2]. The molecule has 0 radical (unpaired) electrons. The molecular formula is C9H14DyN4O9. The van der Waals surface area contributed by atoms with E-state index in [1.807, 2.05) is 6.07 Å². The van der Waals surface area contributed by atoms with E-state index < -0.39 is 15.3 Å². The molecule has 0 atom stereocenters. The normalized spacial score (nSPS) is 7.35. The maximum Gasteiger partial charge on any atom is 2.00 e. The fraction of sp³-hybridized carbons (Fsp3) is 0.444. The number of rotatable bonds is 3. The molecule has 1 aromatic rings. The molecule has 0 aromatic carbocycles. The predicted octanol–water partition coefficient (Wildman–Crippen LogP) is 1.06. The summed E-state index contributed by atoms with van der Waals surface area (Å²) in [5.41, 5.74) is 0. The molecule has 13 nitrogen and oxygen atoms in total. The number of aryl methyl sites for hydroxylation is 1. The Hall–Kier alpha value is -1.98. The maximum atomic E-state index is 8.25. The molecule has 1 heterocycles. The summed E-state index contributed by atoms with van der Waals surface area (Å²) in [5.74, 6) is 0. The van der Waals surface area contributed by atoms with Gasteiger partial charge in [-0.15, -0.1) is 0 Å². The number of hydrogen-bond acceptors (Lipinski definition) is 9. The molecule has 0 N–H and O–H groups in total. The van der Waals surface area contributed by atoms with Crippen LogP contribution in [0.3, 0.4) is 0 Å². The van der Waals surface area contributed by atoms with E-state index in [1.54, 1.807) is 0 Å². The summed E-state index contributed by atoms with van der Waals surface area (Å²) in [6, 6.07) is 6.17. The molecule has 0 amide bonds. The van der Waals surface area contributed by atoms with E-state index in [4.69, 9.17) is 46.0 Å². The van der Waals surface area contributed by atoms with E-state index in [-0.39, 0.29) is 38.2 Å². The summed E-state index contributed by atoms with van der Waals surface area (Å²) in [6.07, 6.45) is 6.75. The monoisotopic (exact) mass is 486 g/mol. The van der Waals surface area contributed by atoms with Gasteiger partial charge in [0.15, 0.2) is 12.4 Å². The Bertz CT molecular complexity index is 380. The second-order valence-corrected chi connectivity index (χ2v) is 3.14. The van der Waals surface area contributed by atoms with Crippen LogP contribution in [-0.2, 0) is 6.54 Å². The van der Waals surface area contributed by atoms with Crippen LogP contribution in [0, 0.1) is 84.1 Å². The van der Waals surface area contributed by atoms with Gasteiger partial charge in [0.25, 0.3) is 0 Å². The smallest absolute Gasteiger partial charge is 0.356 e. The molecule has 0 aliphatic heterocycles. The van der Waals surface area contributed by atoms with Gasteiger partial charge < -0.3 is 46.0 Å². The summed E-state index contributed by atoms with van der Waals surface area (Å²) in [5, 5.41) is 44.2. The van der Waals surface area contributed by atoms with Crippen LogP contribution >= 0.6 is 0 Å². The molecule has 1 aromatic heterocycles. The first-order chi connectivity index (χ1) is 10.1. The minimum atomic E-state index is -1.75. The van der Waals surface area contributed by atoms with Crippen LogP contribution in [0.2, 0.25) is 0 Å². The van der Waals surface area contributed by atoms with Crippen LogP contribution in [0.15, 0.2) is 30.6 Å². The molecule has 0 fully saturated rings. The molecule has 0 unspecified atom stereocenters. The van der Waals surface area contributed by atoms with Crippen molar-refractivity contribution in [3.05, 3.63) is 76.6 Å². The average Bonchev–Trinajstić information content (AvgIpc) is 2.35. The van der Waals surface area contributed by atoms with Crippen molar-refractivity contribution < 1.29 is 58.0 Å². The first-order valence-corrected chi connectivity index (χ1v) is 5.52. The number of unbranched alkanes of at least 4 members (excludes halogenated alkanes) is 1. The Morgan fingerprint density at radius 3 is 1.35 bits per heavy atom. The molecule has 23 heavy (non-hydrogen) atoms. The van der Waals surface area contributed by atoms with Crippen molar-refractivity contribution in [3.63, 3.8) is 0 Å². The topological polar surface area (TPSA) is 202 Å². The number of aromatic nitrogens is 1. The average molecular weight is 485 g/mol. The fourth-order valence-electron chi connectivity index (χ4n) is 0.924. The van der Waals surface area contributed by atoms with E-state index >= 15 is 0 Å². The van der Waals surface area contributed by atoms with Crippen LogP contribution in [0.5, 0.6) is 0 Å². The van der Waals surface area contributed by atoms with Gasteiger partial charge in [0, 0.05) is 18.6 Å². The van der Waals surface area contributed by atoms with Gasteiger partial charge in [0.2, 0.25) is 0 Å². The Morgan fingerprint density at radius 1 is 0.783 bits per heavy atom. The van der Waals surface area contributed by atoms with Gasteiger partial charge in [-0.3, -0.25) is 0 Å². The third-order valence-electron chi connectivity index (χ3n) is 1.55. The molecule has 1 rings (SSSR count). The summed E-state index contributed by atoms with van der Waals surface area (Å²) >= 11 is 0. The first-order valence-electron chi connectivity index (χ1n) is 5.52. The summed E-state index contributed by atoms with van der Waals surface area (Å²) in [4.78, 5) is 24.8. The third-order valence-corrected chi connectivity index (χ3v) is 1.55. The van der Waals surface area contributed by atoms with Gasteiger partial charge in [-0.05, 0) is 0 Å². The van der Waals surface area contributed by atoms with Crippen molar-refractivity contribution in [2.75, 3.05) is 0 Å². The standard InChI is InChI=1S/C9H14N.Dy.3NO3/c1-2-3-7-10-8-5-4-6-9-10;;3*2-1(3)4/h4-6,8-9H,2-3,7H2,1H3;;;;/q+1;+2;3*-1. The largest absolute Gasteiger partial charge is 2.00 e. The van der Waals surface area contributed by atoms with Crippen LogP contribution in [0.25, 0.3) is 0 Å². The van der Waals surface area contributed by atoms with Gasteiger partial charge in [-0.2, -0.15) is 0 Å². The van der Waals surface area contributed by atoms with Gasteiger partial charge in [-0.25, -0.2) is 4.57 Å². The van der Waals surface area contributed by atoms with Crippen molar-refractivity contribution in [3.8, 4) is 0 Å². The van der Waals surface area contributed by atoms with Gasteiger partial charge >= 0.3 is 38.2 Å². The van der Waals surface area contributed by atoms with Crippen molar-refractivity contribution >= 4 is 0 Å². The molecule has 0 saturated heterocycles. The van der Waals surface area contributed by atoms with Gasteiger partial charge in [0.1, 0.15) is 6.54 Å². The molecule has 14 heteroatoms. The van der Waals surface area contributed by atoms with E-state index in [2.05, 4.69) is 36.0 Å². The van der Waals surface area contributed by atoms with E-state index in [1.165, 1.54) is 12.8 Å². The molecule has 0 aliphatic rings. The minimum Gasteiger partial charge on any atom is -0.356 e. The molecule has 0 aliphatic carbocycles. The van der Waals surface area contributed by atoms with Crippen molar-refractivity contribution in [1.82, 2.24) is 0 Å². The zero-order valence-electron chi connectivity index (χ0n) is 11.8. The maximum absolute atomic E-state index is 8.25. The zero-order valence-corrected chi connectivity index (χ0v) is 13.8. The van der Waals surface area contributed by atoms with Crippen LogP contribution in [0.4, 0.5) is 0 Å². The first kappa shape index (κ1) is 29.1. The van der Waals surface area contributed by atoms with Crippen LogP contribution < -0.4 is 4.57 Å². The second kappa shape index (κ2) is 22.3. The molecule has 0 bridgehead atoms.